The quantitative estimate of drug-likeness (QED) is 0.866. The maximum absolute atomic E-state index is 12.1. The van der Waals surface area contributed by atoms with E-state index in [0.717, 1.165) is 50.6 Å². The first-order valence-corrected chi connectivity index (χ1v) is 8.10. The number of amides is 1. The Labute approximate surface area is 134 Å². The lowest BCUT2D eigenvalue weighted by Gasteiger charge is -2.34. The Morgan fingerprint density at radius 3 is 2.73 bits per heavy atom. The van der Waals surface area contributed by atoms with Crippen molar-refractivity contribution in [2.24, 2.45) is 0 Å². The first-order valence-electron chi connectivity index (χ1n) is 7.72. The Kier molecular flexibility index (Phi) is 4.47. The molecular weight excluding hydrogens is 302 g/mol. The standard InChI is InChI=1S/C15H20ClN5O/c1-2-3-4-14(22)19-7-9-20(10-8-19)15-18-17-13-6-5-12(16)11-21(13)15/h5-6,11H,2-4,7-10H2,1H3. The van der Waals surface area contributed by atoms with Crippen LogP contribution in [0.25, 0.3) is 5.65 Å². The molecule has 6 nitrogen and oxygen atoms in total. The molecule has 1 aliphatic heterocycles. The number of rotatable bonds is 4. The number of nitrogens with zero attached hydrogens (tertiary/aromatic N) is 5. The lowest BCUT2D eigenvalue weighted by molar-refractivity contribution is -0.131. The molecule has 1 saturated heterocycles. The number of hydrogen-bond acceptors (Lipinski definition) is 4. The summed E-state index contributed by atoms with van der Waals surface area (Å²) in [5, 5.41) is 9.07. The molecule has 118 valence electrons. The van der Waals surface area contributed by atoms with Gasteiger partial charge in [0.05, 0.1) is 5.02 Å². The number of fused-ring (bicyclic) bond motifs is 1. The van der Waals surface area contributed by atoms with Crippen LogP contribution >= 0.6 is 11.6 Å². The number of carbonyl (C=O) groups excluding carboxylic acids is 1. The fourth-order valence-electron chi connectivity index (χ4n) is 2.71. The Morgan fingerprint density at radius 2 is 2.00 bits per heavy atom. The van der Waals surface area contributed by atoms with E-state index in [1.165, 1.54) is 0 Å². The summed E-state index contributed by atoms with van der Waals surface area (Å²) in [6, 6.07) is 3.66. The van der Waals surface area contributed by atoms with E-state index in [1.54, 1.807) is 6.07 Å². The minimum atomic E-state index is 0.260. The Balaban J connectivity index is 1.68. The van der Waals surface area contributed by atoms with E-state index < -0.39 is 0 Å². The Morgan fingerprint density at radius 1 is 1.23 bits per heavy atom. The van der Waals surface area contributed by atoms with Gasteiger partial charge in [0.2, 0.25) is 11.9 Å². The summed E-state index contributed by atoms with van der Waals surface area (Å²) in [6.45, 7) is 5.11. The SMILES string of the molecule is CCCCC(=O)N1CCN(c2nnc3ccc(Cl)cn23)CC1. The summed E-state index contributed by atoms with van der Waals surface area (Å²) in [5.41, 5.74) is 0.779. The molecule has 3 heterocycles. The third-order valence-electron chi connectivity index (χ3n) is 4.01. The van der Waals surface area contributed by atoms with Crippen LogP contribution in [0.5, 0.6) is 0 Å². The van der Waals surface area contributed by atoms with Gasteiger partial charge in [-0.05, 0) is 18.6 Å². The minimum Gasteiger partial charge on any atom is -0.339 e. The minimum absolute atomic E-state index is 0.260. The zero-order valence-corrected chi connectivity index (χ0v) is 13.5. The molecule has 0 N–H and O–H groups in total. The molecule has 0 unspecified atom stereocenters. The Hall–Kier alpha value is -1.82. The smallest absolute Gasteiger partial charge is 0.231 e. The van der Waals surface area contributed by atoms with Crippen LogP contribution in [-0.2, 0) is 4.79 Å². The van der Waals surface area contributed by atoms with Crippen LogP contribution in [0.2, 0.25) is 5.02 Å². The molecule has 1 fully saturated rings. The van der Waals surface area contributed by atoms with Gasteiger partial charge in [0.15, 0.2) is 5.65 Å². The average Bonchev–Trinajstić information content (AvgIpc) is 2.95. The monoisotopic (exact) mass is 321 g/mol. The van der Waals surface area contributed by atoms with E-state index in [-0.39, 0.29) is 5.91 Å². The van der Waals surface area contributed by atoms with E-state index in [1.807, 2.05) is 21.6 Å². The zero-order valence-electron chi connectivity index (χ0n) is 12.7. The molecule has 0 atom stereocenters. The summed E-state index contributed by atoms with van der Waals surface area (Å²) in [7, 11) is 0. The van der Waals surface area contributed by atoms with Gasteiger partial charge in [-0.15, -0.1) is 10.2 Å². The molecule has 1 aliphatic rings. The van der Waals surface area contributed by atoms with Crippen LogP contribution in [0.3, 0.4) is 0 Å². The average molecular weight is 322 g/mol. The number of halogens is 1. The molecule has 0 spiro atoms. The highest BCUT2D eigenvalue weighted by Gasteiger charge is 2.23. The van der Waals surface area contributed by atoms with Gasteiger partial charge in [-0.25, -0.2) is 0 Å². The first kappa shape index (κ1) is 15.1. The summed E-state index contributed by atoms with van der Waals surface area (Å²) in [5.74, 6) is 1.05. The van der Waals surface area contributed by atoms with Crippen molar-refractivity contribution in [3.63, 3.8) is 0 Å². The fraction of sp³-hybridized carbons (Fsp3) is 0.533. The van der Waals surface area contributed by atoms with Crippen LogP contribution in [0, 0.1) is 0 Å². The van der Waals surface area contributed by atoms with Crippen molar-refractivity contribution in [3.05, 3.63) is 23.4 Å². The summed E-state index contributed by atoms with van der Waals surface area (Å²) >= 11 is 6.05. The number of carbonyl (C=O) groups is 1. The van der Waals surface area contributed by atoms with Gasteiger partial charge in [-0.2, -0.15) is 0 Å². The van der Waals surface area contributed by atoms with Crippen molar-refractivity contribution in [3.8, 4) is 0 Å². The van der Waals surface area contributed by atoms with Crippen LogP contribution in [-0.4, -0.2) is 51.6 Å². The third-order valence-corrected chi connectivity index (χ3v) is 4.23. The molecule has 0 bridgehead atoms. The largest absolute Gasteiger partial charge is 0.339 e. The lowest BCUT2D eigenvalue weighted by Crippen LogP contribution is -2.49. The van der Waals surface area contributed by atoms with Gasteiger partial charge < -0.3 is 9.80 Å². The van der Waals surface area contributed by atoms with E-state index in [4.69, 9.17) is 11.6 Å². The van der Waals surface area contributed by atoms with Gasteiger partial charge in [0.25, 0.3) is 0 Å². The number of anilines is 1. The first-order chi connectivity index (χ1) is 10.7. The highest BCUT2D eigenvalue weighted by atomic mass is 35.5. The van der Waals surface area contributed by atoms with Crippen LogP contribution in [0.1, 0.15) is 26.2 Å². The highest BCUT2D eigenvalue weighted by Crippen LogP contribution is 2.19. The van der Waals surface area contributed by atoms with Crippen LogP contribution in [0.4, 0.5) is 5.95 Å². The molecule has 2 aromatic rings. The molecule has 1 amide bonds. The fourth-order valence-corrected chi connectivity index (χ4v) is 2.87. The summed E-state index contributed by atoms with van der Waals surface area (Å²) in [4.78, 5) is 16.2. The third kappa shape index (κ3) is 3.02. The normalized spacial score (nSPS) is 15.5. The van der Waals surface area contributed by atoms with Gasteiger partial charge in [0, 0.05) is 38.8 Å². The maximum Gasteiger partial charge on any atom is 0.231 e. The number of unbranched alkanes of at least 4 members (excludes halogenated alkanes) is 1. The number of pyridine rings is 1. The van der Waals surface area contributed by atoms with Crippen LogP contribution < -0.4 is 4.90 Å². The van der Waals surface area contributed by atoms with Crippen molar-refractivity contribution in [1.29, 1.82) is 0 Å². The van der Waals surface area contributed by atoms with Crippen molar-refractivity contribution >= 4 is 29.1 Å². The van der Waals surface area contributed by atoms with E-state index >= 15 is 0 Å². The number of hydrogen-bond donors (Lipinski definition) is 0. The van der Waals surface area contributed by atoms with E-state index in [0.29, 0.717) is 11.4 Å². The topological polar surface area (TPSA) is 53.7 Å². The second kappa shape index (κ2) is 6.52. The van der Waals surface area contributed by atoms with Gasteiger partial charge >= 0.3 is 0 Å². The van der Waals surface area contributed by atoms with Gasteiger partial charge in [0.1, 0.15) is 0 Å². The van der Waals surface area contributed by atoms with Gasteiger partial charge in [-0.3, -0.25) is 9.20 Å². The van der Waals surface area contributed by atoms with Crippen LogP contribution in [0.15, 0.2) is 18.3 Å². The van der Waals surface area contributed by atoms with Crippen molar-refractivity contribution in [2.45, 2.75) is 26.2 Å². The number of aromatic nitrogens is 3. The molecule has 3 rings (SSSR count). The Bertz CT molecular complexity index is 663. The van der Waals surface area contributed by atoms with Crippen molar-refractivity contribution < 1.29 is 4.79 Å². The molecule has 7 heteroatoms. The summed E-state index contributed by atoms with van der Waals surface area (Å²) < 4.78 is 1.90. The molecular formula is C15H20ClN5O. The molecule has 2 aromatic heterocycles. The molecule has 22 heavy (non-hydrogen) atoms. The van der Waals surface area contributed by atoms with E-state index in [9.17, 15) is 4.79 Å². The molecule has 0 radical (unpaired) electrons. The summed E-state index contributed by atoms with van der Waals surface area (Å²) in [6.07, 6.45) is 4.50. The maximum atomic E-state index is 12.1. The second-order valence-corrected chi connectivity index (χ2v) is 5.98. The van der Waals surface area contributed by atoms with Crippen molar-refractivity contribution in [2.75, 3.05) is 31.1 Å². The molecule has 0 saturated carbocycles. The van der Waals surface area contributed by atoms with E-state index in [2.05, 4.69) is 22.0 Å². The highest BCUT2D eigenvalue weighted by molar-refractivity contribution is 6.30. The zero-order chi connectivity index (χ0) is 15.5. The number of piperazine rings is 1. The lowest BCUT2D eigenvalue weighted by atomic mass is 10.2. The van der Waals surface area contributed by atoms with Gasteiger partial charge in [-0.1, -0.05) is 24.9 Å². The molecule has 0 aliphatic carbocycles. The predicted octanol–water partition coefficient (Wildman–Crippen LogP) is 2.22. The predicted molar refractivity (Wildman–Crippen MR) is 86.3 cm³/mol. The molecule has 0 aromatic carbocycles. The van der Waals surface area contributed by atoms with Crippen molar-refractivity contribution in [1.82, 2.24) is 19.5 Å². The second-order valence-electron chi connectivity index (χ2n) is 5.55.